The summed E-state index contributed by atoms with van der Waals surface area (Å²) in [5.74, 6) is 1.13. The van der Waals surface area contributed by atoms with E-state index in [0.717, 1.165) is 18.9 Å². The van der Waals surface area contributed by atoms with Gasteiger partial charge in [0, 0.05) is 19.3 Å². The number of rotatable bonds is 3. The molecule has 0 spiro atoms. The van der Waals surface area contributed by atoms with E-state index in [0.29, 0.717) is 5.92 Å². The fourth-order valence-corrected chi connectivity index (χ4v) is 2.38. The molecule has 100 valence electrons. The molecule has 0 amide bonds. The average molecular weight is 270 g/mol. The first-order valence-electron chi connectivity index (χ1n) is 5.75. The molecule has 6 nitrogen and oxygen atoms in total. The molecule has 7 heteroatoms. The molecule has 0 aromatic carbocycles. The predicted molar refractivity (Wildman–Crippen MR) is 69.6 cm³/mol. The van der Waals surface area contributed by atoms with Gasteiger partial charge in [0.2, 0.25) is 10.0 Å². The smallest absolute Gasteiger partial charge is 0.239 e. The van der Waals surface area contributed by atoms with Crippen LogP contribution >= 0.6 is 0 Å². The van der Waals surface area contributed by atoms with Crippen molar-refractivity contribution in [1.82, 2.24) is 4.98 Å². The highest BCUT2D eigenvalue weighted by molar-refractivity contribution is 7.89. The maximum atomic E-state index is 11.1. The molecule has 1 aromatic heterocycles. The van der Waals surface area contributed by atoms with E-state index in [-0.39, 0.29) is 10.4 Å². The van der Waals surface area contributed by atoms with Gasteiger partial charge in [-0.15, -0.1) is 0 Å². The lowest BCUT2D eigenvalue weighted by Gasteiger charge is -2.51. The van der Waals surface area contributed by atoms with Crippen molar-refractivity contribution in [1.29, 1.82) is 0 Å². The lowest BCUT2D eigenvalue weighted by atomic mass is 9.80. The molecule has 0 unspecified atom stereocenters. The lowest BCUT2D eigenvalue weighted by molar-refractivity contribution is 0.243. The van der Waals surface area contributed by atoms with Gasteiger partial charge in [0.05, 0.1) is 5.54 Å². The van der Waals surface area contributed by atoms with Crippen LogP contribution in [0.5, 0.6) is 0 Å². The summed E-state index contributed by atoms with van der Waals surface area (Å²) in [7, 11) is -3.68. The van der Waals surface area contributed by atoms with E-state index in [1.165, 1.54) is 12.3 Å². The monoisotopic (exact) mass is 270 g/mol. The van der Waals surface area contributed by atoms with E-state index < -0.39 is 10.0 Å². The standard InChI is InChI=1S/C11H18N4O2S/c1-8(2)11(12)6-15(7-11)10-4-3-9(5-14-10)18(13,16)17/h3-5,8H,6-7,12H2,1-2H3,(H2,13,16,17). The topological polar surface area (TPSA) is 102 Å². The van der Waals surface area contributed by atoms with Crippen molar-refractivity contribution in [3.8, 4) is 0 Å². The third kappa shape index (κ3) is 2.33. The molecule has 0 aliphatic carbocycles. The summed E-state index contributed by atoms with van der Waals surface area (Å²) in [6.45, 7) is 5.64. The highest BCUT2D eigenvalue weighted by atomic mass is 32.2. The summed E-state index contributed by atoms with van der Waals surface area (Å²) >= 11 is 0. The van der Waals surface area contributed by atoms with E-state index in [1.807, 2.05) is 4.90 Å². The Morgan fingerprint density at radius 1 is 1.39 bits per heavy atom. The van der Waals surface area contributed by atoms with Gasteiger partial charge in [0.15, 0.2) is 0 Å². The summed E-state index contributed by atoms with van der Waals surface area (Å²) in [5, 5.41) is 5.01. The van der Waals surface area contributed by atoms with Crippen LogP contribution in [0, 0.1) is 5.92 Å². The van der Waals surface area contributed by atoms with E-state index >= 15 is 0 Å². The van der Waals surface area contributed by atoms with Gasteiger partial charge in [0.1, 0.15) is 10.7 Å². The van der Waals surface area contributed by atoms with Crippen LogP contribution in [0.2, 0.25) is 0 Å². The van der Waals surface area contributed by atoms with Crippen molar-refractivity contribution >= 4 is 15.8 Å². The predicted octanol–water partition coefficient (Wildman–Crippen LogP) is -0.0975. The largest absolute Gasteiger partial charge is 0.353 e. The third-order valence-electron chi connectivity index (χ3n) is 3.49. The number of hydrogen-bond acceptors (Lipinski definition) is 5. The van der Waals surface area contributed by atoms with Crippen LogP contribution in [0.25, 0.3) is 0 Å². The molecule has 2 rings (SSSR count). The number of pyridine rings is 1. The van der Waals surface area contributed by atoms with Crippen molar-refractivity contribution in [2.24, 2.45) is 16.8 Å². The van der Waals surface area contributed by atoms with Gasteiger partial charge >= 0.3 is 0 Å². The fourth-order valence-electron chi connectivity index (χ4n) is 1.92. The molecule has 1 aliphatic heterocycles. The van der Waals surface area contributed by atoms with Gasteiger partial charge in [-0.05, 0) is 18.1 Å². The van der Waals surface area contributed by atoms with Crippen LogP contribution in [-0.2, 0) is 10.0 Å². The van der Waals surface area contributed by atoms with Crippen molar-refractivity contribution in [3.05, 3.63) is 18.3 Å². The lowest BCUT2D eigenvalue weighted by Crippen LogP contribution is -2.70. The minimum absolute atomic E-state index is 0.0228. The molecular weight excluding hydrogens is 252 g/mol. The molecule has 4 N–H and O–H groups in total. The first-order chi connectivity index (χ1) is 8.22. The highest BCUT2D eigenvalue weighted by Crippen LogP contribution is 2.29. The van der Waals surface area contributed by atoms with E-state index in [1.54, 1.807) is 6.07 Å². The summed E-state index contributed by atoms with van der Waals surface area (Å²) < 4.78 is 22.2. The maximum absolute atomic E-state index is 11.1. The Morgan fingerprint density at radius 2 is 2.00 bits per heavy atom. The molecule has 18 heavy (non-hydrogen) atoms. The Bertz CT molecular complexity index is 533. The van der Waals surface area contributed by atoms with Crippen LogP contribution in [-0.4, -0.2) is 32.0 Å². The van der Waals surface area contributed by atoms with Gasteiger partial charge in [-0.1, -0.05) is 13.8 Å². The SMILES string of the molecule is CC(C)C1(N)CN(c2ccc(S(N)(=O)=O)cn2)C1. The number of hydrogen-bond donors (Lipinski definition) is 2. The Hall–Kier alpha value is -1.18. The van der Waals surface area contributed by atoms with Crippen LogP contribution < -0.4 is 15.8 Å². The molecule has 0 radical (unpaired) electrons. The number of nitrogens with two attached hydrogens (primary N) is 2. The minimum Gasteiger partial charge on any atom is -0.353 e. The van der Waals surface area contributed by atoms with Crippen LogP contribution in [0.3, 0.4) is 0 Å². The van der Waals surface area contributed by atoms with E-state index in [9.17, 15) is 8.42 Å². The third-order valence-corrected chi connectivity index (χ3v) is 4.39. The molecular formula is C11H18N4O2S. The Morgan fingerprint density at radius 3 is 2.39 bits per heavy atom. The molecule has 0 bridgehead atoms. The molecule has 1 aliphatic rings. The van der Waals surface area contributed by atoms with Crippen molar-refractivity contribution < 1.29 is 8.42 Å². The van der Waals surface area contributed by atoms with Crippen LogP contribution in [0.4, 0.5) is 5.82 Å². The summed E-state index contributed by atoms with van der Waals surface area (Å²) in [6, 6.07) is 3.11. The Kier molecular flexibility index (Phi) is 3.08. The summed E-state index contributed by atoms with van der Waals surface area (Å²) in [5.41, 5.74) is 6.01. The molecule has 1 aromatic rings. The first kappa shape index (κ1) is 13.3. The van der Waals surface area contributed by atoms with Crippen molar-refractivity contribution in [2.75, 3.05) is 18.0 Å². The molecule has 0 saturated carbocycles. The Labute approximate surface area is 107 Å². The number of nitrogens with zero attached hydrogens (tertiary/aromatic N) is 2. The second-order valence-corrected chi connectivity index (χ2v) is 6.70. The van der Waals surface area contributed by atoms with E-state index in [2.05, 4.69) is 18.8 Å². The zero-order chi connectivity index (χ0) is 13.6. The Balaban J connectivity index is 2.10. The molecule has 1 saturated heterocycles. The number of anilines is 1. The number of aromatic nitrogens is 1. The molecule has 1 fully saturated rings. The van der Waals surface area contributed by atoms with Crippen molar-refractivity contribution in [2.45, 2.75) is 24.3 Å². The normalized spacial score (nSPS) is 18.8. The second-order valence-electron chi connectivity index (χ2n) is 5.14. The zero-order valence-corrected chi connectivity index (χ0v) is 11.3. The maximum Gasteiger partial charge on any atom is 0.239 e. The number of primary sulfonamides is 1. The van der Waals surface area contributed by atoms with Gasteiger partial charge in [0.25, 0.3) is 0 Å². The quantitative estimate of drug-likeness (QED) is 0.798. The van der Waals surface area contributed by atoms with Gasteiger partial charge in [-0.3, -0.25) is 0 Å². The molecule has 0 atom stereocenters. The minimum atomic E-state index is -3.68. The van der Waals surface area contributed by atoms with Gasteiger partial charge < -0.3 is 10.6 Å². The fraction of sp³-hybridized carbons (Fsp3) is 0.545. The van der Waals surface area contributed by atoms with Crippen LogP contribution in [0.1, 0.15) is 13.8 Å². The van der Waals surface area contributed by atoms with Gasteiger partial charge in [-0.2, -0.15) is 0 Å². The molecule has 2 heterocycles. The van der Waals surface area contributed by atoms with E-state index in [4.69, 9.17) is 10.9 Å². The second kappa shape index (κ2) is 4.18. The zero-order valence-electron chi connectivity index (χ0n) is 10.5. The highest BCUT2D eigenvalue weighted by Gasteiger charge is 2.42. The first-order valence-corrected chi connectivity index (χ1v) is 7.30. The van der Waals surface area contributed by atoms with Crippen molar-refractivity contribution in [3.63, 3.8) is 0 Å². The van der Waals surface area contributed by atoms with Gasteiger partial charge in [-0.25, -0.2) is 18.5 Å². The summed E-state index contributed by atoms with van der Waals surface area (Å²) in [4.78, 5) is 6.15. The summed E-state index contributed by atoms with van der Waals surface area (Å²) in [6.07, 6.45) is 1.27. The number of sulfonamides is 1. The average Bonchev–Trinajstić information content (AvgIpc) is 2.23. The van der Waals surface area contributed by atoms with Crippen LogP contribution in [0.15, 0.2) is 23.2 Å².